The summed E-state index contributed by atoms with van der Waals surface area (Å²) in [4.78, 5) is 0. The Bertz CT molecular complexity index is 237. The van der Waals surface area contributed by atoms with Crippen molar-refractivity contribution in [2.75, 3.05) is 0 Å². The van der Waals surface area contributed by atoms with E-state index >= 15 is 0 Å². The van der Waals surface area contributed by atoms with Gasteiger partial charge in [0.2, 0.25) is 11.8 Å². The highest BCUT2D eigenvalue weighted by Gasteiger charge is 2.20. The lowest BCUT2D eigenvalue weighted by Crippen LogP contribution is -2.11. The Morgan fingerprint density at radius 2 is 2.00 bits per heavy atom. The molecule has 1 aromatic heterocycles. The summed E-state index contributed by atoms with van der Waals surface area (Å²) >= 11 is 0. The molecule has 4 nitrogen and oxygen atoms in total. The van der Waals surface area contributed by atoms with Gasteiger partial charge in [0.05, 0.1) is 0 Å². The fourth-order valence-corrected chi connectivity index (χ4v) is 0.621. The van der Waals surface area contributed by atoms with Gasteiger partial charge in [-0.25, -0.2) is 0 Å². The Labute approximate surface area is 65.3 Å². The second kappa shape index (κ2) is 2.62. The Morgan fingerprint density at radius 3 is 2.27 bits per heavy atom. The Balaban J connectivity index is 2.89. The van der Waals surface area contributed by atoms with Gasteiger partial charge in [-0.2, -0.15) is 0 Å². The first-order valence-corrected chi connectivity index (χ1v) is 3.48. The highest BCUT2D eigenvalue weighted by Crippen LogP contribution is 2.19. The fourth-order valence-electron chi connectivity index (χ4n) is 0.621. The lowest BCUT2D eigenvalue weighted by atomic mass is 9.97. The van der Waals surface area contributed by atoms with Crippen LogP contribution < -0.4 is 0 Å². The van der Waals surface area contributed by atoms with Gasteiger partial charge in [0.1, 0.15) is 6.61 Å². The molecule has 0 aliphatic heterocycles. The minimum Gasteiger partial charge on any atom is -0.422 e. The third-order valence-electron chi connectivity index (χ3n) is 1.24. The molecule has 0 spiro atoms. The molecule has 0 unspecified atom stereocenters. The number of aliphatic hydroxyl groups is 1. The van der Waals surface area contributed by atoms with E-state index in [0.717, 1.165) is 0 Å². The van der Waals surface area contributed by atoms with Crippen LogP contribution in [0.3, 0.4) is 0 Å². The van der Waals surface area contributed by atoms with Gasteiger partial charge in [0, 0.05) is 5.41 Å². The number of aliphatic hydroxyl groups excluding tert-OH is 1. The van der Waals surface area contributed by atoms with Gasteiger partial charge < -0.3 is 9.52 Å². The zero-order chi connectivity index (χ0) is 8.48. The van der Waals surface area contributed by atoms with Crippen molar-refractivity contribution in [3.05, 3.63) is 11.8 Å². The van der Waals surface area contributed by atoms with Crippen molar-refractivity contribution in [1.29, 1.82) is 0 Å². The first kappa shape index (κ1) is 8.20. The van der Waals surface area contributed by atoms with Crippen LogP contribution in [0.15, 0.2) is 4.42 Å². The lowest BCUT2D eigenvalue weighted by Gasteiger charge is -2.10. The molecule has 0 aromatic carbocycles. The van der Waals surface area contributed by atoms with Crippen LogP contribution in [0, 0.1) is 0 Å². The Hall–Kier alpha value is -0.900. The highest BCUT2D eigenvalue weighted by molar-refractivity contribution is 4.95. The molecule has 0 bridgehead atoms. The van der Waals surface area contributed by atoms with Gasteiger partial charge in [-0.1, -0.05) is 20.8 Å². The molecule has 0 saturated heterocycles. The Kier molecular flexibility index (Phi) is 1.95. The standard InChI is InChI=1S/C7H12N2O2/c1-7(2,3)6-9-8-5(4-10)11-6/h10H,4H2,1-3H3. The van der Waals surface area contributed by atoms with Crippen LogP contribution in [-0.2, 0) is 12.0 Å². The van der Waals surface area contributed by atoms with Crippen molar-refractivity contribution >= 4 is 0 Å². The van der Waals surface area contributed by atoms with Gasteiger partial charge in [0.25, 0.3) is 0 Å². The van der Waals surface area contributed by atoms with Gasteiger partial charge in [-0.15, -0.1) is 10.2 Å². The molecule has 1 heterocycles. The van der Waals surface area contributed by atoms with E-state index in [1.54, 1.807) is 0 Å². The van der Waals surface area contributed by atoms with Gasteiger partial charge in [-0.05, 0) is 0 Å². The van der Waals surface area contributed by atoms with Crippen molar-refractivity contribution in [3.8, 4) is 0 Å². The van der Waals surface area contributed by atoms with E-state index in [1.165, 1.54) is 0 Å². The number of hydrogen-bond acceptors (Lipinski definition) is 4. The van der Waals surface area contributed by atoms with Gasteiger partial charge in [0.15, 0.2) is 0 Å². The summed E-state index contributed by atoms with van der Waals surface area (Å²) in [7, 11) is 0. The zero-order valence-corrected chi connectivity index (χ0v) is 6.96. The maximum atomic E-state index is 8.62. The average Bonchev–Trinajstić information content (AvgIpc) is 2.32. The van der Waals surface area contributed by atoms with Crippen LogP contribution >= 0.6 is 0 Å². The maximum absolute atomic E-state index is 8.62. The average molecular weight is 156 g/mol. The van der Waals surface area contributed by atoms with E-state index in [-0.39, 0.29) is 17.9 Å². The van der Waals surface area contributed by atoms with Crippen LogP contribution in [0.2, 0.25) is 0 Å². The maximum Gasteiger partial charge on any atom is 0.241 e. The summed E-state index contributed by atoms with van der Waals surface area (Å²) in [5.41, 5.74) is -0.138. The molecule has 0 radical (unpaired) electrons. The van der Waals surface area contributed by atoms with E-state index in [4.69, 9.17) is 9.52 Å². The molecular formula is C7H12N2O2. The molecule has 1 aromatic rings. The van der Waals surface area contributed by atoms with Gasteiger partial charge >= 0.3 is 0 Å². The van der Waals surface area contributed by atoms with Crippen LogP contribution in [0.5, 0.6) is 0 Å². The predicted molar refractivity (Wildman–Crippen MR) is 38.9 cm³/mol. The van der Waals surface area contributed by atoms with Crippen molar-refractivity contribution in [2.24, 2.45) is 0 Å². The largest absolute Gasteiger partial charge is 0.422 e. The molecule has 11 heavy (non-hydrogen) atoms. The van der Waals surface area contributed by atoms with Crippen LogP contribution in [0.1, 0.15) is 32.6 Å². The highest BCUT2D eigenvalue weighted by atomic mass is 16.4. The van der Waals surface area contributed by atoms with Crippen molar-refractivity contribution in [3.63, 3.8) is 0 Å². The monoisotopic (exact) mass is 156 g/mol. The number of aromatic nitrogens is 2. The predicted octanol–water partition coefficient (Wildman–Crippen LogP) is 0.859. The topological polar surface area (TPSA) is 59.2 Å². The third-order valence-corrected chi connectivity index (χ3v) is 1.24. The van der Waals surface area contributed by atoms with E-state index in [2.05, 4.69) is 10.2 Å². The molecule has 4 heteroatoms. The normalized spacial score (nSPS) is 12.0. The summed E-state index contributed by atoms with van der Waals surface area (Å²) in [6.45, 7) is 5.73. The quantitative estimate of drug-likeness (QED) is 0.655. The van der Waals surface area contributed by atoms with E-state index in [0.29, 0.717) is 5.89 Å². The molecule has 0 fully saturated rings. The smallest absolute Gasteiger partial charge is 0.241 e. The van der Waals surface area contributed by atoms with Crippen molar-refractivity contribution in [2.45, 2.75) is 32.8 Å². The first-order chi connectivity index (χ1) is 5.04. The van der Waals surface area contributed by atoms with E-state index < -0.39 is 0 Å². The van der Waals surface area contributed by atoms with E-state index in [1.807, 2.05) is 20.8 Å². The van der Waals surface area contributed by atoms with Crippen LogP contribution in [0.4, 0.5) is 0 Å². The molecule has 0 aliphatic carbocycles. The number of hydrogen-bond donors (Lipinski definition) is 1. The summed E-state index contributed by atoms with van der Waals surface area (Å²) in [6, 6.07) is 0. The van der Waals surface area contributed by atoms with Crippen molar-refractivity contribution < 1.29 is 9.52 Å². The molecule has 1 rings (SSSR count). The molecule has 0 amide bonds. The minimum atomic E-state index is -0.191. The molecule has 0 atom stereocenters. The summed E-state index contributed by atoms with van der Waals surface area (Å²) in [5, 5.41) is 16.0. The molecule has 0 saturated carbocycles. The summed E-state index contributed by atoms with van der Waals surface area (Å²) in [6.07, 6.45) is 0. The summed E-state index contributed by atoms with van der Waals surface area (Å²) < 4.78 is 5.12. The summed E-state index contributed by atoms with van der Waals surface area (Å²) in [5.74, 6) is 0.830. The Morgan fingerprint density at radius 1 is 1.36 bits per heavy atom. The number of nitrogens with zero attached hydrogens (tertiary/aromatic N) is 2. The molecular weight excluding hydrogens is 144 g/mol. The van der Waals surface area contributed by atoms with Crippen LogP contribution in [-0.4, -0.2) is 15.3 Å². The molecule has 62 valence electrons. The number of rotatable bonds is 1. The lowest BCUT2D eigenvalue weighted by molar-refractivity contribution is 0.231. The van der Waals surface area contributed by atoms with Gasteiger partial charge in [-0.3, -0.25) is 0 Å². The third kappa shape index (κ3) is 1.77. The first-order valence-electron chi connectivity index (χ1n) is 3.48. The fraction of sp³-hybridized carbons (Fsp3) is 0.714. The molecule has 1 N–H and O–H groups in total. The second-order valence-electron chi connectivity index (χ2n) is 3.41. The van der Waals surface area contributed by atoms with Crippen LogP contribution in [0.25, 0.3) is 0 Å². The van der Waals surface area contributed by atoms with E-state index in [9.17, 15) is 0 Å². The minimum absolute atomic E-state index is 0.138. The molecule has 0 aliphatic rings. The zero-order valence-electron chi connectivity index (χ0n) is 6.96. The SMILES string of the molecule is CC(C)(C)c1nnc(CO)o1. The second-order valence-corrected chi connectivity index (χ2v) is 3.41. The van der Waals surface area contributed by atoms with Crippen molar-refractivity contribution in [1.82, 2.24) is 10.2 Å².